The summed E-state index contributed by atoms with van der Waals surface area (Å²) in [5, 5.41) is 8.10. The fraction of sp³-hybridized carbons (Fsp3) is 0.172. The lowest BCUT2D eigenvalue weighted by molar-refractivity contribution is 0.660. The van der Waals surface area contributed by atoms with Gasteiger partial charge in [0.05, 0.1) is 0 Å². The molecule has 0 fully saturated rings. The number of allylic oxidation sites excluding steroid dienone is 5. The minimum Gasteiger partial charge on any atom is -0.103 e. The van der Waals surface area contributed by atoms with Gasteiger partial charge in [0, 0.05) is 10.8 Å². The molecule has 288 valence electrons. The van der Waals surface area contributed by atoms with Gasteiger partial charge in [-0.25, -0.2) is 0 Å². The van der Waals surface area contributed by atoms with Crippen LogP contribution in [0.3, 0.4) is 0 Å². The fourth-order valence-electron chi connectivity index (χ4n) is 9.32. The van der Waals surface area contributed by atoms with Gasteiger partial charge in [-0.15, -0.1) is 13.2 Å². The highest BCUT2D eigenvalue weighted by atomic mass is 14.4. The summed E-state index contributed by atoms with van der Waals surface area (Å²) in [5.74, 6) is 0. The zero-order chi connectivity index (χ0) is 41.4. The molecule has 10 rings (SSSR count). The number of hydrogen-bond donors (Lipinski definition) is 0. The molecule has 2 aliphatic rings. The maximum absolute atomic E-state index is 3.66. The second-order valence-corrected chi connectivity index (χ2v) is 16.7. The Labute approximate surface area is 347 Å². The summed E-state index contributed by atoms with van der Waals surface area (Å²) in [6, 6.07) is 50.6. The Morgan fingerprint density at radius 2 is 1.03 bits per heavy atom. The van der Waals surface area contributed by atoms with Gasteiger partial charge in [0.1, 0.15) is 0 Å². The minimum atomic E-state index is -0.0838. The van der Waals surface area contributed by atoms with Crippen molar-refractivity contribution >= 4 is 32.3 Å². The highest BCUT2D eigenvalue weighted by molar-refractivity contribution is 6.28. The predicted octanol–water partition coefficient (Wildman–Crippen LogP) is 17.1. The Kier molecular flexibility index (Phi) is 11.0. The van der Waals surface area contributed by atoms with Crippen molar-refractivity contribution in [2.45, 2.75) is 66.2 Å². The Hall–Kier alpha value is -6.24. The molecule has 0 bridgehead atoms. The van der Waals surface area contributed by atoms with Gasteiger partial charge in [-0.05, 0) is 145 Å². The maximum atomic E-state index is 3.66. The van der Waals surface area contributed by atoms with Gasteiger partial charge in [0.15, 0.2) is 0 Å². The third-order valence-corrected chi connectivity index (χ3v) is 11.9. The van der Waals surface area contributed by atoms with Crippen LogP contribution in [0.4, 0.5) is 0 Å². The van der Waals surface area contributed by atoms with Gasteiger partial charge >= 0.3 is 0 Å². The van der Waals surface area contributed by atoms with Crippen LogP contribution in [0, 0.1) is 0 Å². The molecule has 2 aliphatic carbocycles. The SMILES string of the molecule is C=C(C)/C=C\C.C=CC.C=CC.CC1(C)c2ccccc2-c2cc(-c3ccc4ccc5c6c(cc7ccc3c4c75)C(C)(C)c3cc(-c4ccccc4)ccc3-6)ccc21. The molecule has 0 aliphatic heterocycles. The lowest BCUT2D eigenvalue weighted by Gasteiger charge is -2.23. The van der Waals surface area contributed by atoms with Crippen LogP contribution >= 0.6 is 0 Å². The van der Waals surface area contributed by atoms with E-state index in [4.69, 9.17) is 0 Å². The van der Waals surface area contributed by atoms with Crippen molar-refractivity contribution in [3.63, 3.8) is 0 Å². The van der Waals surface area contributed by atoms with Crippen molar-refractivity contribution in [1.29, 1.82) is 0 Å². The average molecular weight is 753 g/mol. The van der Waals surface area contributed by atoms with E-state index in [2.05, 4.69) is 181 Å². The summed E-state index contributed by atoms with van der Waals surface area (Å²) >= 11 is 0. The van der Waals surface area contributed by atoms with Crippen molar-refractivity contribution in [1.82, 2.24) is 0 Å². The van der Waals surface area contributed by atoms with Gasteiger partial charge in [-0.1, -0.05) is 179 Å². The monoisotopic (exact) mass is 752 g/mol. The lowest BCUT2D eigenvalue weighted by atomic mass is 9.80. The molecule has 0 nitrogen and oxygen atoms in total. The Morgan fingerprint density at radius 1 is 0.466 bits per heavy atom. The topological polar surface area (TPSA) is 0 Å². The van der Waals surface area contributed by atoms with Crippen LogP contribution in [-0.2, 0) is 10.8 Å². The molecule has 8 aromatic rings. The molecule has 0 saturated carbocycles. The number of benzene rings is 8. The lowest BCUT2D eigenvalue weighted by Crippen LogP contribution is -2.15. The van der Waals surface area contributed by atoms with E-state index >= 15 is 0 Å². The highest BCUT2D eigenvalue weighted by Crippen LogP contribution is 2.55. The molecular formula is C58H56. The first-order valence-electron chi connectivity index (χ1n) is 20.5. The molecule has 0 atom stereocenters. The van der Waals surface area contributed by atoms with Crippen LogP contribution in [0.5, 0.6) is 0 Å². The van der Waals surface area contributed by atoms with Crippen molar-refractivity contribution in [3.8, 4) is 44.5 Å². The molecular weight excluding hydrogens is 697 g/mol. The number of hydrogen-bond acceptors (Lipinski definition) is 0. The summed E-state index contributed by atoms with van der Waals surface area (Å²) in [5.41, 5.74) is 17.4. The van der Waals surface area contributed by atoms with E-state index in [0.717, 1.165) is 5.57 Å². The zero-order valence-electron chi connectivity index (χ0n) is 35.6. The van der Waals surface area contributed by atoms with Crippen LogP contribution in [-0.4, -0.2) is 0 Å². The highest BCUT2D eigenvalue weighted by Gasteiger charge is 2.38. The average Bonchev–Trinajstić information content (AvgIpc) is 3.59. The summed E-state index contributed by atoms with van der Waals surface area (Å²) < 4.78 is 0. The molecule has 0 N–H and O–H groups in total. The third kappa shape index (κ3) is 6.71. The van der Waals surface area contributed by atoms with Crippen LogP contribution in [0.2, 0.25) is 0 Å². The molecule has 58 heavy (non-hydrogen) atoms. The quantitative estimate of drug-likeness (QED) is 0.0958. The third-order valence-electron chi connectivity index (χ3n) is 11.9. The van der Waals surface area contributed by atoms with Crippen LogP contribution in [0.25, 0.3) is 76.8 Å². The van der Waals surface area contributed by atoms with E-state index in [-0.39, 0.29) is 10.8 Å². The molecule has 8 aromatic carbocycles. The summed E-state index contributed by atoms with van der Waals surface area (Å²) in [7, 11) is 0. The first-order valence-corrected chi connectivity index (χ1v) is 20.5. The molecule has 0 aromatic heterocycles. The van der Waals surface area contributed by atoms with Gasteiger partial charge in [0.2, 0.25) is 0 Å². The van der Waals surface area contributed by atoms with Crippen molar-refractivity contribution < 1.29 is 0 Å². The van der Waals surface area contributed by atoms with E-state index in [1.165, 1.54) is 99.1 Å². The molecule has 0 heterocycles. The molecule has 0 radical (unpaired) electrons. The van der Waals surface area contributed by atoms with Crippen molar-refractivity contribution in [3.05, 3.63) is 205 Å². The normalized spacial score (nSPS) is 13.6. The Morgan fingerprint density at radius 3 is 1.72 bits per heavy atom. The van der Waals surface area contributed by atoms with Crippen molar-refractivity contribution in [2.24, 2.45) is 0 Å². The summed E-state index contributed by atoms with van der Waals surface area (Å²) in [6.45, 7) is 27.6. The summed E-state index contributed by atoms with van der Waals surface area (Å²) in [6.07, 6.45) is 7.45. The van der Waals surface area contributed by atoms with E-state index in [0.29, 0.717) is 0 Å². The smallest absolute Gasteiger partial charge is 0.0159 e. The second kappa shape index (κ2) is 16.0. The van der Waals surface area contributed by atoms with Gasteiger partial charge in [-0.3, -0.25) is 0 Å². The standard InChI is InChI=1S/C46H34.C6H10.2C3H6/c1-45(2)38-13-9-8-12-33(38)37-24-30(18-23-39(37)45)32-19-14-28-15-22-36-43-31(17-20-34(32)42(28)43)26-41-44(36)35-21-16-29(25-40(35)46(41,3)4)27-10-6-5-7-11-27;1-4-5-6(2)3;2*1-3-2/h5-26H,1-4H3;4-5H,2H2,1,3H3;2*3H,1H2,2H3/b;5-4-;;. The predicted molar refractivity (Wildman–Crippen MR) is 258 cm³/mol. The first kappa shape index (κ1) is 40.0. The molecule has 0 amide bonds. The number of rotatable bonds is 3. The summed E-state index contributed by atoms with van der Waals surface area (Å²) in [4.78, 5) is 0. The van der Waals surface area contributed by atoms with Crippen molar-refractivity contribution in [2.75, 3.05) is 0 Å². The van der Waals surface area contributed by atoms with Gasteiger partial charge in [-0.2, -0.15) is 0 Å². The zero-order valence-corrected chi connectivity index (χ0v) is 35.6. The molecule has 0 spiro atoms. The Bertz CT molecular complexity index is 2850. The van der Waals surface area contributed by atoms with E-state index in [1.807, 2.05) is 39.8 Å². The molecule has 0 saturated heterocycles. The van der Waals surface area contributed by atoms with Crippen LogP contribution in [0.1, 0.15) is 77.6 Å². The number of fused-ring (bicyclic) bond motifs is 7. The van der Waals surface area contributed by atoms with E-state index < -0.39 is 0 Å². The fourth-order valence-corrected chi connectivity index (χ4v) is 9.32. The van der Waals surface area contributed by atoms with Gasteiger partial charge in [0.25, 0.3) is 0 Å². The van der Waals surface area contributed by atoms with Crippen LogP contribution < -0.4 is 0 Å². The Balaban J connectivity index is 0.000000380. The van der Waals surface area contributed by atoms with Gasteiger partial charge < -0.3 is 0 Å². The van der Waals surface area contributed by atoms with E-state index in [1.54, 1.807) is 12.2 Å². The molecule has 0 unspecified atom stereocenters. The maximum Gasteiger partial charge on any atom is 0.0159 e. The second-order valence-electron chi connectivity index (χ2n) is 16.7. The molecule has 0 heteroatoms. The first-order chi connectivity index (χ1) is 27.9. The minimum absolute atomic E-state index is 0.0133. The van der Waals surface area contributed by atoms with Crippen LogP contribution in [0.15, 0.2) is 183 Å². The largest absolute Gasteiger partial charge is 0.103 e. The van der Waals surface area contributed by atoms with E-state index in [9.17, 15) is 0 Å².